The normalized spacial score (nSPS) is 11.6. The van der Waals surface area contributed by atoms with Crippen LogP contribution in [0.3, 0.4) is 0 Å². The molecule has 0 spiro atoms. The topological polar surface area (TPSA) is 95.7 Å². The van der Waals surface area contributed by atoms with E-state index in [0.29, 0.717) is 5.56 Å². The van der Waals surface area contributed by atoms with Gasteiger partial charge >= 0.3 is 11.9 Å². The third kappa shape index (κ3) is 3.78. The minimum atomic E-state index is -0.646. The first kappa shape index (κ1) is 15.6. The van der Waals surface area contributed by atoms with Crippen molar-refractivity contribution in [3.8, 4) is 0 Å². The minimum Gasteiger partial charge on any atom is -0.465 e. The van der Waals surface area contributed by atoms with Crippen LogP contribution in [0.5, 0.6) is 0 Å². The molecule has 7 nitrogen and oxygen atoms in total. The lowest BCUT2D eigenvalue weighted by atomic mass is 9.98. The standard InChI is InChI=1S/C13H15NO6/c1-8(7-20-9(2)15)11-5-4-10(13(16)19-3)6-12(11)14(17)18/h4-6,8H,7H2,1-3H3. The summed E-state index contributed by atoms with van der Waals surface area (Å²) in [5.74, 6) is -1.45. The Morgan fingerprint density at radius 3 is 2.55 bits per heavy atom. The van der Waals surface area contributed by atoms with Crippen molar-refractivity contribution >= 4 is 17.6 Å². The number of nitrogens with zero attached hydrogens (tertiary/aromatic N) is 1. The summed E-state index contributed by atoms with van der Waals surface area (Å²) in [5, 5.41) is 11.1. The van der Waals surface area contributed by atoms with Gasteiger partial charge in [0.1, 0.15) is 0 Å². The van der Waals surface area contributed by atoms with Gasteiger partial charge in [-0.1, -0.05) is 13.0 Å². The van der Waals surface area contributed by atoms with E-state index < -0.39 is 16.9 Å². The summed E-state index contributed by atoms with van der Waals surface area (Å²) >= 11 is 0. The number of nitro groups is 1. The molecule has 0 bridgehead atoms. The molecule has 0 heterocycles. The number of methoxy groups -OCH3 is 1. The van der Waals surface area contributed by atoms with E-state index in [2.05, 4.69) is 4.74 Å². The second-order valence-electron chi connectivity index (χ2n) is 4.23. The van der Waals surface area contributed by atoms with Crippen LogP contribution in [0.1, 0.15) is 35.7 Å². The van der Waals surface area contributed by atoms with Crippen molar-refractivity contribution in [1.82, 2.24) is 0 Å². The van der Waals surface area contributed by atoms with E-state index in [9.17, 15) is 19.7 Å². The molecule has 1 aromatic carbocycles. The van der Waals surface area contributed by atoms with Gasteiger partial charge in [-0.05, 0) is 6.07 Å². The van der Waals surface area contributed by atoms with Crippen molar-refractivity contribution in [3.05, 3.63) is 39.4 Å². The highest BCUT2D eigenvalue weighted by atomic mass is 16.6. The van der Waals surface area contributed by atoms with E-state index in [-0.39, 0.29) is 23.8 Å². The van der Waals surface area contributed by atoms with Crippen molar-refractivity contribution in [3.63, 3.8) is 0 Å². The molecule has 0 aliphatic heterocycles. The predicted molar refractivity (Wildman–Crippen MR) is 69.5 cm³/mol. The van der Waals surface area contributed by atoms with Crippen molar-refractivity contribution < 1.29 is 24.0 Å². The van der Waals surface area contributed by atoms with Crippen LogP contribution in [0.4, 0.5) is 5.69 Å². The Labute approximate surface area is 115 Å². The third-order valence-corrected chi connectivity index (χ3v) is 2.72. The molecule has 0 N–H and O–H groups in total. The van der Waals surface area contributed by atoms with Crippen LogP contribution in [0.25, 0.3) is 0 Å². The van der Waals surface area contributed by atoms with Gasteiger partial charge in [-0.2, -0.15) is 0 Å². The number of hydrogen-bond acceptors (Lipinski definition) is 6. The smallest absolute Gasteiger partial charge is 0.338 e. The van der Waals surface area contributed by atoms with Gasteiger partial charge < -0.3 is 9.47 Å². The molecule has 108 valence electrons. The number of benzene rings is 1. The number of esters is 2. The molecule has 1 rings (SSSR count). The molecule has 0 saturated heterocycles. The van der Waals surface area contributed by atoms with Crippen LogP contribution in [0.2, 0.25) is 0 Å². The zero-order valence-electron chi connectivity index (χ0n) is 11.4. The molecule has 7 heteroatoms. The van der Waals surface area contributed by atoms with Gasteiger partial charge in [-0.3, -0.25) is 14.9 Å². The molecular weight excluding hydrogens is 266 g/mol. The van der Waals surface area contributed by atoms with Gasteiger partial charge in [0.2, 0.25) is 0 Å². The lowest BCUT2D eigenvalue weighted by molar-refractivity contribution is -0.385. The van der Waals surface area contributed by atoms with Crippen LogP contribution >= 0.6 is 0 Å². The largest absolute Gasteiger partial charge is 0.465 e. The summed E-state index contributed by atoms with van der Waals surface area (Å²) in [5.41, 5.74) is 0.291. The van der Waals surface area contributed by atoms with Crippen molar-refractivity contribution in [2.24, 2.45) is 0 Å². The molecule has 0 aliphatic carbocycles. The number of nitro benzene ring substituents is 1. The second kappa shape index (κ2) is 6.65. The Balaban J connectivity index is 3.10. The first-order valence-corrected chi connectivity index (χ1v) is 5.86. The lowest BCUT2D eigenvalue weighted by Crippen LogP contribution is -2.11. The summed E-state index contributed by atoms with van der Waals surface area (Å²) in [6.07, 6.45) is 0. The summed E-state index contributed by atoms with van der Waals surface area (Å²) in [7, 11) is 1.20. The monoisotopic (exact) mass is 281 g/mol. The van der Waals surface area contributed by atoms with Crippen LogP contribution in [0, 0.1) is 10.1 Å². The van der Waals surface area contributed by atoms with Gasteiger partial charge in [0, 0.05) is 24.5 Å². The maximum Gasteiger partial charge on any atom is 0.338 e. The number of hydrogen-bond donors (Lipinski definition) is 0. The summed E-state index contributed by atoms with van der Waals surface area (Å²) < 4.78 is 9.36. The highest BCUT2D eigenvalue weighted by molar-refractivity contribution is 5.90. The first-order chi connectivity index (χ1) is 9.36. The molecule has 1 aromatic rings. The quantitative estimate of drug-likeness (QED) is 0.465. The Hall–Kier alpha value is -2.44. The van der Waals surface area contributed by atoms with E-state index in [1.54, 1.807) is 6.92 Å². The average molecular weight is 281 g/mol. The maximum atomic E-state index is 11.4. The number of carbonyl (C=O) groups excluding carboxylic acids is 2. The lowest BCUT2D eigenvalue weighted by Gasteiger charge is -2.12. The van der Waals surface area contributed by atoms with Gasteiger partial charge in [0.05, 0.1) is 24.2 Å². The molecule has 0 aliphatic rings. The zero-order chi connectivity index (χ0) is 15.3. The minimum absolute atomic E-state index is 0.0355. The Morgan fingerprint density at radius 2 is 2.05 bits per heavy atom. The molecule has 0 aromatic heterocycles. The Morgan fingerprint density at radius 1 is 1.40 bits per heavy atom. The van der Waals surface area contributed by atoms with Gasteiger partial charge in [-0.25, -0.2) is 4.79 Å². The van der Waals surface area contributed by atoms with Crippen LogP contribution in [-0.2, 0) is 14.3 Å². The van der Waals surface area contributed by atoms with Crippen LogP contribution in [-0.4, -0.2) is 30.6 Å². The number of ether oxygens (including phenoxy) is 2. The van der Waals surface area contributed by atoms with Crippen molar-refractivity contribution in [1.29, 1.82) is 0 Å². The van der Waals surface area contributed by atoms with E-state index in [0.717, 1.165) is 6.07 Å². The summed E-state index contributed by atoms with van der Waals surface area (Å²) in [6, 6.07) is 4.07. The van der Waals surface area contributed by atoms with Gasteiger partial charge in [-0.15, -0.1) is 0 Å². The highest BCUT2D eigenvalue weighted by Crippen LogP contribution is 2.28. The van der Waals surface area contributed by atoms with Gasteiger partial charge in [0.25, 0.3) is 5.69 Å². The van der Waals surface area contributed by atoms with E-state index >= 15 is 0 Å². The molecule has 0 radical (unpaired) electrons. The summed E-state index contributed by atoms with van der Waals surface area (Å²) in [6.45, 7) is 3.00. The van der Waals surface area contributed by atoms with Gasteiger partial charge in [0.15, 0.2) is 0 Å². The molecule has 1 atom stereocenters. The highest BCUT2D eigenvalue weighted by Gasteiger charge is 2.22. The molecular formula is C13H15NO6. The molecule has 0 fully saturated rings. The third-order valence-electron chi connectivity index (χ3n) is 2.72. The van der Waals surface area contributed by atoms with E-state index in [1.165, 1.54) is 26.2 Å². The fourth-order valence-electron chi connectivity index (χ4n) is 1.70. The second-order valence-corrected chi connectivity index (χ2v) is 4.23. The Bertz CT molecular complexity index is 540. The van der Waals surface area contributed by atoms with E-state index in [1.807, 2.05) is 0 Å². The van der Waals surface area contributed by atoms with Crippen LogP contribution in [0.15, 0.2) is 18.2 Å². The number of carbonyl (C=O) groups is 2. The van der Waals surface area contributed by atoms with E-state index in [4.69, 9.17) is 4.74 Å². The summed E-state index contributed by atoms with van der Waals surface area (Å²) in [4.78, 5) is 32.6. The fraction of sp³-hybridized carbons (Fsp3) is 0.385. The fourth-order valence-corrected chi connectivity index (χ4v) is 1.70. The van der Waals surface area contributed by atoms with Crippen molar-refractivity contribution in [2.45, 2.75) is 19.8 Å². The Kier molecular flexibility index (Phi) is 5.19. The molecule has 20 heavy (non-hydrogen) atoms. The SMILES string of the molecule is COC(=O)c1ccc(C(C)COC(C)=O)c([N+](=O)[O-])c1. The van der Waals surface area contributed by atoms with Crippen LogP contribution < -0.4 is 0 Å². The molecule has 0 saturated carbocycles. The number of rotatable bonds is 5. The van der Waals surface area contributed by atoms with Crippen molar-refractivity contribution in [2.75, 3.05) is 13.7 Å². The average Bonchev–Trinajstić information content (AvgIpc) is 2.43. The molecule has 1 unspecified atom stereocenters. The molecule has 0 amide bonds. The maximum absolute atomic E-state index is 11.4. The zero-order valence-corrected chi connectivity index (χ0v) is 11.4. The predicted octanol–water partition coefficient (Wildman–Crippen LogP) is 2.05. The first-order valence-electron chi connectivity index (χ1n) is 5.86.